The molecule has 0 bridgehead atoms. The number of carboxylic acid groups (broad SMARTS) is 1. The van der Waals surface area contributed by atoms with Gasteiger partial charge in [-0.3, -0.25) is 4.79 Å². The third kappa shape index (κ3) is 4.86. The summed E-state index contributed by atoms with van der Waals surface area (Å²) in [5.74, 6) is -0.557. The molecule has 0 fully saturated rings. The van der Waals surface area contributed by atoms with E-state index in [9.17, 15) is 14.0 Å². The second-order valence-electron chi connectivity index (χ2n) is 7.81. The fourth-order valence-corrected chi connectivity index (χ4v) is 4.67. The van der Waals surface area contributed by atoms with Crippen LogP contribution in [0.2, 0.25) is 0 Å². The van der Waals surface area contributed by atoms with Crippen molar-refractivity contribution in [1.82, 2.24) is 0 Å². The zero-order valence-corrected chi connectivity index (χ0v) is 18.9. The van der Waals surface area contributed by atoms with Crippen LogP contribution in [0.15, 0.2) is 72.8 Å². The van der Waals surface area contributed by atoms with E-state index in [4.69, 9.17) is 9.84 Å². The highest BCUT2D eigenvalue weighted by atomic mass is 32.1. The zero-order valence-electron chi connectivity index (χ0n) is 18.0. The molecule has 1 aromatic heterocycles. The highest BCUT2D eigenvalue weighted by Crippen LogP contribution is 2.42. The molecule has 33 heavy (non-hydrogen) atoms. The first-order chi connectivity index (χ1) is 15.8. The number of rotatable bonds is 7. The summed E-state index contributed by atoms with van der Waals surface area (Å²) >= 11 is 1.20. The number of carboxylic acids is 1. The van der Waals surface area contributed by atoms with Crippen LogP contribution in [0.1, 0.15) is 46.1 Å². The van der Waals surface area contributed by atoms with E-state index in [0.717, 1.165) is 11.6 Å². The van der Waals surface area contributed by atoms with E-state index < -0.39 is 5.97 Å². The number of aliphatic carboxylic acids is 1. The van der Waals surface area contributed by atoms with Crippen LogP contribution in [0.4, 0.5) is 4.39 Å². The van der Waals surface area contributed by atoms with Crippen molar-refractivity contribution in [3.63, 3.8) is 0 Å². The number of ketones is 1. The highest BCUT2D eigenvalue weighted by Gasteiger charge is 2.24. The van der Waals surface area contributed by atoms with Crippen molar-refractivity contribution in [2.45, 2.75) is 19.8 Å². The lowest BCUT2D eigenvalue weighted by molar-refractivity contribution is -0.131. The molecule has 166 valence electrons. The molecule has 4 aromatic rings. The molecule has 0 radical (unpaired) electrons. The van der Waals surface area contributed by atoms with Gasteiger partial charge in [-0.2, -0.15) is 0 Å². The number of hydrogen-bond donors (Lipinski definition) is 1. The summed E-state index contributed by atoms with van der Waals surface area (Å²) in [6, 6.07) is 18.7. The van der Waals surface area contributed by atoms with Gasteiger partial charge >= 0.3 is 5.97 Å². The van der Waals surface area contributed by atoms with Gasteiger partial charge in [0.15, 0.2) is 5.75 Å². The number of carbonyl (C=O) groups is 2. The lowest BCUT2D eigenvalue weighted by Crippen LogP contribution is -2.06. The van der Waals surface area contributed by atoms with Crippen LogP contribution in [0, 0.1) is 5.82 Å². The third-order valence-corrected chi connectivity index (χ3v) is 6.29. The van der Waals surface area contributed by atoms with E-state index in [0.29, 0.717) is 37.6 Å². The van der Waals surface area contributed by atoms with Crippen molar-refractivity contribution in [2.75, 3.05) is 0 Å². The van der Waals surface area contributed by atoms with E-state index in [2.05, 4.69) is 0 Å². The van der Waals surface area contributed by atoms with E-state index in [1.165, 1.54) is 29.5 Å². The van der Waals surface area contributed by atoms with Crippen molar-refractivity contribution in [3.05, 3.63) is 100 Å². The van der Waals surface area contributed by atoms with Gasteiger partial charge < -0.3 is 9.84 Å². The minimum Gasteiger partial charge on any atom is -0.478 e. The second-order valence-corrected chi connectivity index (χ2v) is 8.87. The summed E-state index contributed by atoms with van der Waals surface area (Å²) in [5, 5.41) is 9.44. The summed E-state index contributed by atoms with van der Waals surface area (Å²) in [6.07, 6.45) is 2.53. The Hall–Kier alpha value is -3.77. The average Bonchev–Trinajstić information content (AvgIpc) is 3.15. The maximum Gasteiger partial charge on any atom is 0.328 e. The van der Waals surface area contributed by atoms with Gasteiger partial charge in [-0.05, 0) is 53.5 Å². The Morgan fingerprint density at radius 1 is 1.03 bits per heavy atom. The fourth-order valence-electron chi connectivity index (χ4n) is 3.56. The van der Waals surface area contributed by atoms with E-state index in [-0.39, 0.29) is 17.5 Å². The van der Waals surface area contributed by atoms with E-state index >= 15 is 0 Å². The molecule has 0 spiro atoms. The normalized spacial score (nSPS) is 11.4. The fraction of sp³-hybridized carbons (Fsp3) is 0.111. The van der Waals surface area contributed by atoms with Gasteiger partial charge in [0.25, 0.3) is 0 Å². The van der Waals surface area contributed by atoms with Crippen LogP contribution in [0.3, 0.4) is 0 Å². The highest BCUT2D eigenvalue weighted by molar-refractivity contribution is 7.21. The largest absolute Gasteiger partial charge is 0.478 e. The molecule has 6 heteroatoms. The molecule has 4 nitrogen and oxygen atoms in total. The van der Waals surface area contributed by atoms with Crippen molar-refractivity contribution >= 4 is 39.3 Å². The molecule has 0 amide bonds. The van der Waals surface area contributed by atoms with Gasteiger partial charge in [0.1, 0.15) is 16.4 Å². The van der Waals surface area contributed by atoms with Gasteiger partial charge in [0.2, 0.25) is 5.78 Å². The Morgan fingerprint density at radius 2 is 1.76 bits per heavy atom. The molecule has 3 aromatic carbocycles. The number of halogens is 1. The van der Waals surface area contributed by atoms with E-state index in [1.54, 1.807) is 36.4 Å². The molecule has 0 saturated carbocycles. The predicted molar refractivity (Wildman–Crippen MR) is 129 cm³/mol. The van der Waals surface area contributed by atoms with Crippen LogP contribution in [0.5, 0.6) is 11.5 Å². The Kier molecular flexibility index (Phi) is 6.38. The van der Waals surface area contributed by atoms with Crippen LogP contribution >= 0.6 is 11.3 Å². The monoisotopic (exact) mass is 460 g/mol. The molecule has 0 saturated heterocycles. The van der Waals surface area contributed by atoms with Gasteiger partial charge in [-0.15, -0.1) is 11.3 Å². The number of benzene rings is 3. The predicted octanol–water partition coefficient (Wildman–Crippen LogP) is 7.28. The Balaban J connectivity index is 1.77. The van der Waals surface area contributed by atoms with E-state index in [1.807, 2.05) is 32.0 Å². The molecular weight excluding hydrogens is 439 g/mol. The molecule has 1 heterocycles. The number of fused-ring (bicyclic) bond motifs is 1. The molecule has 0 aliphatic carbocycles. The number of ether oxygens (including phenoxy) is 1. The van der Waals surface area contributed by atoms with Crippen LogP contribution in [-0.4, -0.2) is 16.9 Å². The zero-order chi connectivity index (χ0) is 23.5. The quantitative estimate of drug-likeness (QED) is 0.232. The molecule has 0 atom stereocenters. The maximum atomic E-state index is 13.9. The van der Waals surface area contributed by atoms with Crippen molar-refractivity contribution in [3.8, 4) is 11.5 Å². The Bertz CT molecular complexity index is 1370. The molecule has 0 aliphatic rings. The first-order valence-corrected chi connectivity index (χ1v) is 11.2. The Labute approximate surface area is 194 Å². The summed E-state index contributed by atoms with van der Waals surface area (Å²) < 4.78 is 20.7. The topological polar surface area (TPSA) is 63.6 Å². The standard InChI is InChI=1S/C27H21FO4S/c1-16(2)20-5-3-4-6-21(20)25(31)27-26(22-13-10-18(28)15-23(22)33-27)32-19-11-7-17(8-12-19)9-14-24(29)30/h3-16H,1-2H3,(H,29,30)/b14-9+. The van der Waals surface area contributed by atoms with Gasteiger partial charge in [0.05, 0.1) is 0 Å². The molecule has 0 aliphatic heterocycles. The van der Waals surface area contributed by atoms with Crippen LogP contribution in [0.25, 0.3) is 16.2 Å². The van der Waals surface area contributed by atoms with Crippen molar-refractivity contribution in [2.24, 2.45) is 0 Å². The van der Waals surface area contributed by atoms with Gasteiger partial charge in [-0.25, -0.2) is 9.18 Å². The first-order valence-electron chi connectivity index (χ1n) is 10.4. The smallest absolute Gasteiger partial charge is 0.328 e. The van der Waals surface area contributed by atoms with Gasteiger partial charge in [-0.1, -0.05) is 50.2 Å². The maximum absolute atomic E-state index is 13.9. The lowest BCUT2D eigenvalue weighted by atomic mass is 9.94. The molecular formula is C27H21FO4S. The first kappa shape index (κ1) is 22.4. The molecule has 4 rings (SSSR count). The lowest BCUT2D eigenvalue weighted by Gasteiger charge is -2.12. The summed E-state index contributed by atoms with van der Waals surface area (Å²) in [6.45, 7) is 4.06. The molecule has 1 N–H and O–H groups in total. The number of thiophene rings is 1. The number of carbonyl (C=O) groups excluding carboxylic acids is 1. The van der Waals surface area contributed by atoms with Gasteiger partial charge in [0, 0.05) is 21.7 Å². The second kappa shape index (κ2) is 9.38. The minimum absolute atomic E-state index is 0.160. The summed E-state index contributed by atoms with van der Waals surface area (Å²) in [7, 11) is 0. The van der Waals surface area contributed by atoms with Crippen molar-refractivity contribution < 1.29 is 23.8 Å². The summed E-state index contributed by atoms with van der Waals surface area (Å²) in [5.41, 5.74) is 2.23. The average molecular weight is 461 g/mol. The minimum atomic E-state index is -1.03. The summed E-state index contributed by atoms with van der Waals surface area (Å²) in [4.78, 5) is 24.7. The third-order valence-electron chi connectivity index (χ3n) is 5.16. The molecule has 0 unspecified atom stereocenters. The Morgan fingerprint density at radius 3 is 2.45 bits per heavy atom. The van der Waals surface area contributed by atoms with Crippen LogP contribution < -0.4 is 4.74 Å². The van der Waals surface area contributed by atoms with Crippen LogP contribution in [-0.2, 0) is 4.79 Å². The number of hydrogen-bond acceptors (Lipinski definition) is 4. The van der Waals surface area contributed by atoms with Crippen molar-refractivity contribution in [1.29, 1.82) is 0 Å². The SMILES string of the molecule is CC(C)c1ccccc1C(=O)c1sc2cc(F)ccc2c1Oc1ccc(/C=C/C(=O)O)cc1.